The van der Waals surface area contributed by atoms with Gasteiger partial charge in [-0.2, -0.15) is 5.21 Å². The van der Waals surface area contributed by atoms with Crippen LogP contribution in [-0.4, -0.2) is 71.0 Å². The van der Waals surface area contributed by atoms with Gasteiger partial charge in [-0.25, -0.2) is 4.68 Å². The summed E-state index contributed by atoms with van der Waals surface area (Å²) in [5, 5.41) is 25.7. The van der Waals surface area contributed by atoms with Gasteiger partial charge in [0.25, 0.3) is 0 Å². The number of nitrogens with one attached hydrogen (secondary N) is 1. The number of rotatable bonds is 7. The third-order valence-corrected chi connectivity index (χ3v) is 6.11. The molecule has 0 aliphatic rings. The minimum atomic E-state index is -2.85. The third kappa shape index (κ3) is 3.07. The lowest BCUT2D eigenvalue weighted by Crippen LogP contribution is -2.48. The van der Waals surface area contributed by atoms with E-state index >= 15 is 0 Å². The summed E-state index contributed by atoms with van der Waals surface area (Å²) in [7, 11) is 1.78. The molecule has 0 saturated heterocycles. The van der Waals surface area contributed by atoms with Crippen LogP contribution in [0.4, 0.5) is 0 Å². The maximum absolute atomic E-state index is 5.42. The van der Waals surface area contributed by atoms with Crippen LogP contribution in [0.1, 0.15) is 0 Å². The van der Waals surface area contributed by atoms with Crippen molar-refractivity contribution in [1.29, 1.82) is 0 Å². The minimum absolute atomic E-state index is 0.297. The van der Waals surface area contributed by atoms with Gasteiger partial charge in [0, 0.05) is 32.5 Å². The summed E-state index contributed by atoms with van der Waals surface area (Å²) in [5.74, 6) is 1.10. The van der Waals surface area contributed by atoms with E-state index in [4.69, 9.17) is 13.3 Å². The van der Waals surface area contributed by atoms with E-state index < -0.39 is 8.80 Å². The number of nitrogens with zero attached hydrogens (tertiary/aromatic N) is 7. The van der Waals surface area contributed by atoms with Gasteiger partial charge >= 0.3 is 8.80 Å². The molecule has 24 heavy (non-hydrogen) atoms. The van der Waals surface area contributed by atoms with Crippen molar-refractivity contribution in [2.45, 2.75) is 6.17 Å². The second-order valence-corrected chi connectivity index (χ2v) is 7.68. The molecule has 0 unspecified atom stereocenters. The lowest BCUT2D eigenvalue weighted by Gasteiger charge is -2.24. The van der Waals surface area contributed by atoms with E-state index in [0.29, 0.717) is 17.8 Å². The summed E-state index contributed by atoms with van der Waals surface area (Å²) < 4.78 is 17.9. The lowest BCUT2D eigenvalue weighted by atomic mass is 10.1. The molecule has 0 saturated carbocycles. The molecular formula is C12H16N8O3Si. The van der Waals surface area contributed by atoms with Crippen LogP contribution in [-0.2, 0) is 19.4 Å². The molecule has 3 aromatic rings. The molecule has 0 aliphatic heterocycles. The Morgan fingerprint density at radius 1 is 1.00 bits per heavy atom. The average molecular weight is 348 g/mol. The standard InChI is InChI=1S/C12H16N8O3Si/c1-21-24(22-2,23-3)8-20-12(15-18-19-20)10-6-4-9(5-7-10)11-13-16-17-14-11/h4-7H,8H2,1-3H3,(H,13,14,16,17). The van der Waals surface area contributed by atoms with E-state index in [1.807, 2.05) is 24.3 Å². The first kappa shape index (κ1) is 16.3. The maximum Gasteiger partial charge on any atom is 0.523 e. The van der Waals surface area contributed by atoms with Gasteiger partial charge in [-0.1, -0.05) is 24.3 Å². The molecule has 126 valence electrons. The van der Waals surface area contributed by atoms with E-state index in [-0.39, 0.29) is 0 Å². The van der Waals surface area contributed by atoms with Gasteiger partial charge in [0.1, 0.15) is 6.17 Å². The van der Waals surface area contributed by atoms with Crippen LogP contribution in [0.25, 0.3) is 22.8 Å². The van der Waals surface area contributed by atoms with Crippen molar-refractivity contribution in [3.63, 3.8) is 0 Å². The topological polar surface area (TPSA) is 126 Å². The predicted molar refractivity (Wildman–Crippen MR) is 83.2 cm³/mol. The number of H-pyrrole nitrogens is 1. The van der Waals surface area contributed by atoms with Crippen LogP contribution in [0.15, 0.2) is 24.3 Å². The number of aromatic amines is 1. The van der Waals surface area contributed by atoms with Crippen molar-refractivity contribution in [2.24, 2.45) is 0 Å². The molecule has 11 nitrogen and oxygen atoms in total. The number of hydrogen-bond acceptors (Lipinski definition) is 9. The zero-order chi connectivity index (χ0) is 17.0. The van der Waals surface area contributed by atoms with E-state index in [0.717, 1.165) is 11.1 Å². The first-order valence-corrected chi connectivity index (χ1v) is 8.90. The number of aromatic nitrogens is 8. The number of hydrogen-bond donors (Lipinski definition) is 1. The second kappa shape index (κ2) is 6.92. The van der Waals surface area contributed by atoms with Crippen LogP contribution in [0.3, 0.4) is 0 Å². The highest BCUT2D eigenvalue weighted by Gasteiger charge is 2.40. The van der Waals surface area contributed by atoms with Crippen LogP contribution in [0.2, 0.25) is 0 Å². The molecule has 2 heterocycles. The summed E-state index contributed by atoms with van der Waals surface area (Å²) in [6, 6.07) is 7.49. The van der Waals surface area contributed by atoms with Crippen molar-refractivity contribution < 1.29 is 13.3 Å². The summed E-state index contributed by atoms with van der Waals surface area (Å²) in [5.41, 5.74) is 1.67. The minimum Gasteiger partial charge on any atom is -0.376 e. The average Bonchev–Trinajstić information content (AvgIpc) is 3.32. The highest BCUT2D eigenvalue weighted by Crippen LogP contribution is 2.21. The molecule has 0 radical (unpaired) electrons. The van der Waals surface area contributed by atoms with E-state index in [9.17, 15) is 0 Å². The Bertz CT molecular complexity index is 764. The van der Waals surface area contributed by atoms with Gasteiger partial charge in [0.15, 0.2) is 5.82 Å². The summed E-state index contributed by atoms with van der Waals surface area (Å²) in [6.45, 7) is 0. The molecule has 0 aliphatic carbocycles. The monoisotopic (exact) mass is 348 g/mol. The number of benzene rings is 1. The van der Waals surface area contributed by atoms with Crippen molar-refractivity contribution in [3.8, 4) is 22.8 Å². The Hall–Kier alpha value is -2.54. The number of tetrazole rings is 2. The summed E-state index contributed by atoms with van der Waals surface area (Å²) >= 11 is 0. The Morgan fingerprint density at radius 2 is 1.67 bits per heavy atom. The summed E-state index contributed by atoms with van der Waals surface area (Å²) in [6.07, 6.45) is 0.297. The van der Waals surface area contributed by atoms with Gasteiger partial charge in [-0.05, 0) is 15.6 Å². The largest absolute Gasteiger partial charge is 0.523 e. The van der Waals surface area contributed by atoms with Crippen LogP contribution >= 0.6 is 0 Å². The molecule has 0 bridgehead atoms. The Kier molecular flexibility index (Phi) is 4.70. The molecule has 3 rings (SSSR count). The van der Waals surface area contributed by atoms with E-state index in [1.54, 1.807) is 26.0 Å². The zero-order valence-electron chi connectivity index (χ0n) is 13.4. The third-order valence-electron chi connectivity index (χ3n) is 3.55. The van der Waals surface area contributed by atoms with Gasteiger partial charge in [-0.15, -0.1) is 15.3 Å². The van der Waals surface area contributed by atoms with E-state index in [1.165, 1.54) is 0 Å². The van der Waals surface area contributed by atoms with Gasteiger partial charge in [-0.3, -0.25) is 0 Å². The quantitative estimate of drug-likeness (QED) is 0.584. The lowest BCUT2D eigenvalue weighted by molar-refractivity contribution is 0.114. The fraction of sp³-hybridized carbons (Fsp3) is 0.333. The molecule has 0 amide bonds. The molecule has 1 N–H and O–H groups in total. The van der Waals surface area contributed by atoms with Gasteiger partial charge < -0.3 is 13.3 Å². The first-order valence-electron chi connectivity index (χ1n) is 6.97. The van der Waals surface area contributed by atoms with E-state index in [2.05, 4.69) is 36.1 Å². The van der Waals surface area contributed by atoms with Crippen LogP contribution < -0.4 is 0 Å². The SMILES string of the molecule is CO[Si](Cn1nnnc1-c1ccc(-c2nn[nH]n2)cc1)(OC)OC. The van der Waals surface area contributed by atoms with Crippen molar-refractivity contribution >= 4 is 8.80 Å². The van der Waals surface area contributed by atoms with Crippen molar-refractivity contribution in [3.05, 3.63) is 24.3 Å². The zero-order valence-corrected chi connectivity index (χ0v) is 14.4. The molecule has 2 aromatic heterocycles. The molecule has 0 spiro atoms. The van der Waals surface area contributed by atoms with Gasteiger partial charge in [0.05, 0.1) is 0 Å². The fourth-order valence-electron chi connectivity index (χ4n) is 2.20. The molecule has 1 aromatic carbocycles. The molecule has 0 atom stereocenters. The van der Waals surface area contributed by atoms with Crippen molar-refractivity contribution in [1.82, 2.24) is 40.8 Å². The Labute approximate surface area is 138 Å². The molecule has 12 heteroatoms. The molecule has 0 fully saturated rings. The van der Waals surface area contributed by atoms with Crippen LogP contribution in [0.5, 0.6) is 0 Å². The maximum atomic E-state index is 5.42. The molecular weight excluding hydrogens is 332 g/mol. The second-order valence-electron chi connectivity index (χ2n) is 4.77. The highest BCUT2D eigenvalue weighted by atomic mass is 28.4. The van der Waals surface area contributed by atoms with Gasteiger partial charge in [0.2, 0.25) is 5.82 Å². The van der Waals surface area contributed by atoms with Crippen LogP contribution in [0, 0.1) is 0 Å². The normalized spacial score (nSPS) is 11.8. The Balaban J connectivity index is 1.87. The Morgan fingerprint density at radius 3 is 2.25 bits per heavy atom. The highest BCUT2D eigenvalue weighted by molar-refractivity contribution is 6.59. The van der Waals surface area contributed by atoms with Crippen molar-refractivity contribution in [2.75, 3.05) is 21.3 Å². The summed E-state index contributed by atoms with van der Waals surface area (Å²) in [4.78, 5) is 0. The predicted octanol–water partition coefficient (Wildman–Crippen LogP) is -0.0625. The smallest absolute Gasteiger partial charge is 0.376 e. The fourth-order valence-corrected chi connectivity index (χ4v) is 3.66. The first-order chi connectivity index (χ1) is 11.7.